The average molecular weight is 305 g/mol. The van der Waals surface area contributed by atoms with Crippen LogP contribution < -0.4 is 10.6 Å². The van der Waals surface area contributed by atoms with E-state index in [1.54, 1.807) is 19.3 Å². The molecular weight excluding hydrogens is 286 g/mol. The molecule has 0 aliphatic carbocycles. The van der Waals surface area contributed by atoms with Crippen LogP contribution in [0, 0.1) is 0 Å². The molecule has 0 saturated heterocycles. The molecule has 2 aromatic heterocycles. The summed E-state index contributed by atoms with van der Waals surface area (Å²) >= 11 is 1.52. The Morgan fingerprint density at radius 3 is 2.95 bits per heavy atom. The van der Waals surface area contributed by atoms with Crippen LogP contribution in [-0.4, -0.2) is 29.2 Å². The second kappa shape index (κ2) is 7.19. The summed E-state index contributed by atoms with van der Waals surface area (Å²) in [4.78, 5) is 15.7. The predicted octanol–water partition coefficient (Wildman–Crippen LogP) is 1.89. The van der Waals surface area contributed by atoms with Gasteiger partial charge in [0.25, 0.3) is 0 Å². The third-order valence-electron chi connectivity index (χ3n) is 3.16. The summed E-state index contributed by atoms with van der Waals surface area (Å²) in [6, 6.07) is 5.41. The highest BCUT2D eigenvalue weighted by Crippen LogP contribution is 2.21. The van der Waals surface area contributed by atoms with Crippen LogP contribution in [0.5, 0.6) is 0 Å². The Balaban J connectivity index is 1.70. The number of aliphatic hydroxyl groups is 1. The first-order chi connectivity index (χ1) is 10.1. The molecule has 2 aromatic rings. The van der Waals surface area contributed by atoms with Gasteiger partial charge in [0, 0.05) is 18.9 Å². The summed E-state index contributed by atoms with van der Waals surface area (Å²) in [5.74, 6) is 0. The van der Waals surface area contributed by atoms with Crippen molar-refractivity contribution < 1.29 is 9.90 Å². The lowest BCUT2D eigenvalue weighted by Gasteiger charge is -2.22. The van der Waals surface area contributed by atoms with E-state index in [-0.39, 0.29) is 12.6 Å². The van der Waals surface area contributed by atoms with E-state index >= 15 is 0 Å². The minimum absolute atomic E-state index is 0.169. The molecule has 0 bridgehead atoms. The van der Waals surface area contributed by atoms with Crippen molar-refractivity contribution in [1.29, 1.82) is 0 Å². The Hall–Kier alpha value is -1.92. The summed E-state index contributed by atoms with van der Waals surface area (Å²) in [6.45, 7) is 2.38. The highest BCUT2D eigenvalue weighted by Gasteiger charge is 2.23. The molecule has 0 saturated carbocycles. The van der Waals surface area contributed by atoms with Crippen LogP contribution >= 0.6 is 11.3 Å². The third kappa shape index (κ3) is 4.84. The number of thiophene rings is 1. The summed E-state index contributed by atoms with van der Waals surface area (Å²) in [6.07, 6.45) is 4.22. The van der Waals surface area contributed by atoms with Crippen molar-refractivity contribution in [2.75, 3.05) is 13.1 Å². The van der Waals surface area contributed by atoms with E-state index in [4.69, 9.17) is 0 Å². The van der Waals surface area contributed by atoms with E-state index in [0.717, 1.165) is 17.5 Å². The number of pyridine rings is 1. The van der Waals surface area contributed by atoms with Gasteiger partial charge in [0.2, 0.25) is 0 Å². The first-order valence-electron chi connectivity index (χ1n) is 6.73. The van der Waals surface area contributed by atoms with E-state index in [0.29, 0.717) is 6.54 Å². The van der Waals surface area contributed by atoms with Gasteiger partial charge in [0.15, 0.2) is 0 Å². The number of carbonyl (C=O) groups is 1. The maximum Gasteiger partial charge on any atom is 0.314 e. The number of nitrogens with one attached hydrogen (secondary N) is 2. The van der Waals surface area contributed by atoms with Crippen molar-refractivity contribution in [1.82, 2.24) is 15.6 Å². The van der Waals surface area contributed by atoms with Crippen molar-refractivity contribution >= 4 is 17.4 Å². The molecule has 1 atom stereocenters. The molecule has 0 spiro atoms. The van der Waals surface area contributed by atoms with Gasteiger partial charge in [0.1, 0.15) is 5.60 Å². The monoisotopic (exact) mass is 305 g/mol. The molecular formula is C15H19N3O2S. The maximum atomic E-state index is 11.7. The molecule has 1 unspecified atom stereocenters. The first kappa shape index (κ1) is 15.5. The zero-order valence-electron chi connectivity index (χ0n) is 11.9. The van der Waals surface area contributed by atoms with Crippen molar-refractivity contribution in [3.8, 4) is 0 Å². The summed E-state index contributed by atoms with van der Waals surface area (Å²) in [5, 5.41) is 19.5. The molecule has 2 rings (SSSR count). The number of nitrogens with zero attached hydrogens (tertiary/aromatic N) is 1. The normalized spacial score (nSPS) is 13.4. The lowest BCUT2D eigenvalue weighted by atomic mass is 9.99. The van der Waals surface area contributed by atoms with Gasteiger partial charge >= 0.3 is 6.03 Å². The molecule has 3 N–H and O–H groups in total. The van der Waals surface area contributed by atoms with Crippen LogP contribution in [0.25, 0.3) is 0 Å². The van der Waals surface area contributed by atoms with Crippen molar-refractivity contribution in [2.45, 2.75) is 18.9 Å². The van der Waals surface area contributed by atoms with Gasteiger partial charge in [0.05, 0.1) is 6.54 Å². The molecule has 0 fully saturated rings. The summed E-state index contributed by atoms with van der Waals surface area (Å²) in [7, 11) is 0. The van der Waals surface area contributed by atoms with Gasteiger partial charge in [-0.15, -0.1) is 0 Å². The topological polar surface area (TPSA) is 74.2 Å². The second-order valence-corrected chi connectivity index (χ2v) is 5.79. The van der Waals surface area contributed by atoms with Crippen molar-refractivity contribution in [2.24, 2.45) is 0 Å². The minimum atomic E-state index is -1.05. The highest BCUT2D eigenvalue weighted by atomic mass is 32.1. The molecule has 112 valence electrons. The van der Waals surface area contributed by atoms with E-state index in [1.807, 2.05) is 29.0 Å². The smallest absolute Gasteiger partial charge is 0.314 e. The molecule has 21 heavy (non-hydrogen) atoms. The number of amides is 2. The number of aromatic nitrogens is 1. The van der Waals surface area contributed by atoms with Crippen LogP contribution in [0.15, 0.2) is 41.4 Å². The molecule has 0 radical (unpaired) electrons. The first-order valence-corrected chi connectivity index (χ1v) is 7.68. The molecule has 0 aliphatic rings. The number of carbonyl (C=O) groups excluding carboxylic acids is 1. The van der Waals surface area contributed by atoms with Crippen molar-refractivity contribution in [3.63, 3.8) is 0 Å². The average Bonchev–Trinajstić information content (AvgIpc) is 3.01. The van der Waals surface area contributed by atoms with E-state index in [2.05, 4.69) is 15.6 Å². The number of rotatable bonds is 6. The largest absolute Gasteiger partial charge is 0.384 e. The minimum Gasteiger partial charge on any atom is -0.384 e. The number of hydrogen-bond donors (Lipinski definition) is 3. The SMILES string of the molecule is CC(O)(CNC(=O)NCCc1cccnc1)c1ccsc1. The van der Waals surface area contributed by atoms with Gasteiger partial charge in [-0.1, -0.05) is 6.07 Å². The van der Waals surface area contributed by atoms with Crippen LogP contribution in [0.1, 0.15) is 18.1 Å². The number of urea groups is 1. The highest BCUT2D eigenvalue weighted by molar-refractivity contribution is 7.08. The van der Waals surface area contributed by atoms with E-state index < -0.39 is 5.60 Å². The Morgan fingerprint density at radius 1 is 1.43 bits per heavy atom. The standard InChI is InChI=1S/C15H19N3O2S/c1-15(20,13-5-8-21-10-13)11-18-14(19)17-7-4-12-3-2-6-16-9-12/h2-3,5-6,8-10,20H,4,7,11H2,1H3,(H2,17,18,19). The fraction of sp³-hybridized carbons (Fsp3) is 0.333. The van der Waals surface area contributed by atoms with E-state index in [1.165, 1.54) is 11.3 Å². The van der Waals surface area contributed by atoms with Crippen LogP contribution in [0.4, 0.5) is 4.79 Å². The Kier molecular flexibility index (Phi) is 5.30. The van der Waals surface area contributed by atoms with Crippen molar-refractivity contribution in [3.05, 3.63) is 52.5 Å². The van der Waals surface area contributed by atoms with Crippen LogP contribution in [0.3, 0.4) is 0 Å². The predicted molar refractivity (Wildman–Crippen MR) is 83.2 cm³/mol. The van der Waals surface area contributed by atoms with Gasteiger partial charge in [-0.05, 0) is 47.4 Å². The molecule has 5 nitrogen and oxygen atoms in total. The second-order valence-electron chi connectivity index (χ2n) is 5.01. The van der Waals surface area contributed by atoms with Gasteiger partial charge in [-0.3, -0.25) is 4.98 Å². The molecule has 2 amide bonds. The number of hydrogen-bond acceptors (Lipinski definition) is 4. The Bertz CT molecular complexity index is 556. The zero-order chi connectivity index (χ0) is 15.1. The molecule has 2 heterocycles. The quantitative estimate of drug-likeness (QED) is 0.763. The van der Waals surface area contributed by atoms with Gasteiger partial charge in [-0.25, -0.2) is 4.79 Å². The molecule has 6 heteroatoms. The zero-order valence-corrected chi connectivity index (χ0v) is 12.7. The Morgan fingerprint density at radius 2 is 2.29 bits per heavy atom. The fourth-order valence-corrected chi connectivity index (χ4v) is 2.64. The third-order valence-corrected chi connectivity index (χ3v) is 3.84. The van der Waals surface area contributed by atoms with Crippen LogP contribution in [0.2, 0.25) is 0 Å². The molecule has 0 aromatic carbocycles. The van der Waals surface area contributed by atoms with E-state index in [9.17, 15) is 9.90 Å². The lowest BCUT2D eigenvalue weighted by molar-refractivity contribution is 0.0598. The molecule has 0 aliphatic heterocycles. The summed E-state index contributed by atoms with van der Waals surface area (Å²) in [5.41, 5.74) is 0.826. The van der Waals surface area contributed by atoms with Gasteiger partial charge < -0.3 is 15.7 Å². The van der Waals surface area contributed by atoms with Gasteiger partial charge in [-0.2, -0.15) is 11.3 Å². The fourth-order valence-electron chi connectivity index (χ4n) is 1.85. The lowest BCUT2D eigenvalue weighted by Crippen LogP contribution is -2.43. The maximum absolute atomic E-state index is 11.7. The van der Waals surface area contributed by atoms with Crippen LogP contribution in [-0.2, 0) is 12.0 Å². The summed E-state index contributed by atoms with van der Waals surface area (Å²) < 4.78 is 0. The Labute approximate surface area is 128 Å².